The van der Waals surface area contributed by atoms with E-state index < -0.39 is 5.82 Å². The fourth-order valence-electron chi connectivity index (χ4n) is 4.04. The van der Waals surface area contributed by atoms with Crippen molar-refractivity contribution >= 4 is 23.1 Å². The molecule has 1 aliphatic rings. The Hall–Kier alpha value is -3.59. The van der Waals surface area contributed by atoms with Crippen molar-refractivity contribution in [2.75, 3.05) is 18.5 Å². The van der Waals surface area contributed by atoms with Crippen molar-refractivity contribution in [2.24, 2.45) is 0 Å². The molecule has 0 fully saturated rings. The van der Waals surface area contributed by atoms with Crippen LogP contribution in [0.2, 0.25) is 0 Å². The Balaban J connectivity index is 1.47. The van der Waals surface area contributed by atoms with Gasteiger partial charge < -0.3 is 20.0 Å². The number of hydrogen-bond acceptors (Lipinski definition) is 6. The van der Waals surface area contributed by atoms with E-state index in [9.17, 15) is 9.50 Å². The maximum atomic E-state index is 13.8. The molecule has 3 N–H and O–H groups in total. The monoisotopic (exact) mass is 433 g/mol. The molecule has 0 amide bonds. The van der Waals surface area contributed by atoms with Crippen LogP contribution in [0.3, 0.4) is 0 Å². The number of hydrogen-bond donors (Lipinski definition) is 3. The molecule has 5 rings (SSSR count). The van der Waals surface area contributed by atoms with Crippen molar-refractivity contribution in [1.82, 2.24) is 29.5 Å². The van der Waals surface area contributed by atoms with E-state index in [0.717, 1.165) is 25.5 Å². The lowest BCUT2D eigenvalue weighted by Gasteiger charge is -2.13. The molecule has 0 aliphatic heterocycles. The zero-order chi connectivity index (χ0) is 22.1. The Labute approximate surface area is 184 Å². The second-order valence-electron chi connectivity index (χ2n) is 7.97. The van der Waals surface area contributed by atoms with Crippen LogP contribution in [-0.2, 0) is 12.8 Å². The van der Waals surface area contributed by atoms with Crippen molar-refractivity contribution in [1.29, 1.82) is 0 Å². The van der Waals surface area contributed by atoms with Gasteiger partial charge in [-0.2, -0.15) is 0 Å². The molecule has 1 unspecified atom stereocenters. The minimum absolute atomic E-state index is 0.0534. The predicted molar refractivity (Wildman–Crippen MR) is 121 cm³/mol. The summed E-state index contributed by atoms with van der Waals surface area (Å²) < 4.78 is 15.6. The maximum absolute atomic E-state index is 13.8. The van der Waals surface area contributed by atoms with Crippen LogP contribution in [-0.4, -0.2) is 47.7 Å². The van der Waals surface area contributed by atoms with E-state index in [1.54, 1.807) is 10.9 Å². The zero-order valence-corrected chi connectivity index (χ0v) is 17.7. The predicted octanol–water partition coefficient (Wildman–Crippen LogP) is 3.52. The molecule has 164 valence electrons. The Morgan fingerprint density at radius 3 is 3.06 bits per heavy atom. The summed E-state index contributed by atoms with van der Waals surface area (Å²) in [4.78, 5) is 21.0. The van der Waals surface area contributed by atoms with Crippen LogP contribution in [0.4, 0.5) is 10.2 Å². The number of pyridine rings is 1. The second kappa shape index (κ2) is 8.51. The third-order valence-corrected chi connectivity index (χ3v) is 5.77. The first-order chi connectivity index (χ1) is 15.6. The van der Waals surface area contributed by atoms with Crippen molar-refractivity contribution in [3.8, 4) is 11.4 Å². The minimum atomic E-state index is -0.454. The first-order valence-corrected chi connectivity index (χ1v) is 10.7. The number of anilines is 1. The topological polar surface area (TPSA) is 105 Å². The third kappa shape index (κ3) is 3.75. The standard InChI is InChI=1S/C23H24FN7O/c1-14(12-32)31-13-28-20-22(26-7-6-15-10-27-19-5-3-2-4-18(15)19)29-21(30-23(20)31)16-8-17(24)11-25-9-16/h3,5,8-11,13-14,27,32H,2,4,6-7,12H2,1H3,(H,26,29,30). The normalized spacial score (nSPS) is 14.0. The van der Waals surface area contributed by atoms with Crippen molar-refractivity contribution in [3.63, 3.8) is 0 Å². The van der Waals surface area contributed by atoms with Crippen LogP contribution in [0.25, 0.3) is 28.6 Å². The maximum Gasteiger partial charge on any atom is 0.166 e. The van der Waals surface area contributed by atoms with E-state index in [1.807, 2.05) is 6.92 Å². The number of nitrogens with zero attached hydrogens (tertiary/aromatic N) is 5. The van der Waals surface area contributed by atoms with Crippen LogP contribution in [0, 0.1) is 5.82 Å². The average molecular weight is 433 g/mol. The number of imidazole rings is 1. The summed E-state index contributed by atoms with van der Waals surface area (Å²) in [5.41, 5.74) is 5.51. The van der Waals surface area contributed by atoms with Gasteiger partial charge >= 0.3 is 0 Å². The number of rotatable bonds is 7. The van der Waals surface area contributed by atoms with E-state index in [1.165, 1.54) is 29.1 Å². The number of allylic oxidation sites excluding steroid dienone is 1. The lowest BCUT2D eigenvalue weighted by molar-refractivity contribution is 0.241. The van der Waals surface area contributed by atoms with Crippen molar-refractivity contribution in [2.45, 2.75) is 32.2 Å². The number of aliphatic hydroxyl groups is 1. The highest BCUT2D eigenvalue weighted by molar-refractivity contribution is 5.85. The lowest BCUT2D eigenvalue weighted by atomic mass is 9.99. The molecule has 4 heterocycles. The van der Waals surface area contributed by atoms with Gasteiger partial charge in [-0.3, -0.25) is 4.98 Å². The zero-order valence-electron chi connectivity index (χ0n) is 17.7. The number of halogens is 1. The summed E-state index contributed by atoms with van der Waals surface area (Å²) in [5, 5.41) is 13.0. The fraction of sp³-hybridized carbons (Fsp3) is 0.304. The van der Waals surface area contributed by atoms with E-state index in [-0.39, 0.29) is 12.6 Å². The van der Waals surface area contributed by atoms with Crippen molar-refractivity contribution in [3.05, 3.63) is 59.7 Å². The summed E-state index contributed by atoms with van der Waals surface area (Å²) in [5.74, 6) is 0.467. The molecule has 1 atom stereocenters. The lowest BCUT2D eigenvalue weighted by Crippen LogP contribution is -2.11. The van der Waals surface area contributed by atoms with Crippen molar-refractivity contribution < 1.29 is 9.50 Å². The van der Waals surface area contributed by atoms with E-state index >= 15 is 0 Å². The Morgan fingerprint density at radius 2 is 2.22 bits per heavy atom. The summed E-state index contributed by atoms with van der Waals surface area (Å²) in [7, 11) is 0. The highest BCUT2D eigenvalue weighted by Gasteiger charge is 2.18. The van der Waals surface area contributed by atoms with Gasteiger partial charge in [-0.25, -0.2) is 19.3 Å². The molecule has 0 saturated carbocycles. The molecule has 0 radical (unpaired) electrons. The molecule has 4 aromatic heterocycles. The van der Waals surface area contributed by atoms with E-state index in [0.29, 0.717) is 34.9 Å². The Bertz CT molecular complexity index is 1290. The molecular weight excluding hydrogens is 409 g/mol. The Kier molecular flexibility index (Phi) is 5.40. The summed E-state index contributed by atoms with van der Waals surface area (Å²) >= 11 is 0. The second-order valence-corrected chi connectivity index (χ2v) is 7.97. The molecule has 9 heteroatoms. The first-order valence-electron chi connectivity index (χ1n) is 10.7. The van der Waals surface area contributed by atoms with Crippen LogP contribution in [0.1, 0.15) is 36.2 Å². The molecule has 0 saturated heterocycles. The molecule has 1 aliphatic carbocycles. The van der Waals surface area contributed by atoms with Crippen LogP contribution in [0.15, 0.2) is 37.1 Å². The van der Waals surface area contributed by atoms with Crippen LogP contribution < -0.4 is 5.32 Å². The summed E-state index contributed by atoms with van der Waals surface area (Å²) in [6, 6.07) is 1.15. The Morgan fingerprint density at radius 1 is 1.31 bits per heavy atom. The highest BCUT2D eigenvalue weighted by atomic mass is 19.1. The molecule has 32 heavy (non-hydrogen) atoms. The molecule has 4 aromatic rings. The van der Waals surface area contributed by atoms with Gasteiger partial charge in [0.1, 0.15) is 11.3 Å². The quantitative estimate of drug-likeness (QED) is 0.412. The van der Waals surface area contributed by atoms with E-state index in [4.69, 9.17) is 0 Å². The van der Waals surface area contributed by atoms with Gasteiger partial charge in [0.15, 0.2) is 17.3 Å². The molecule has 0 spiro atoms. The number of nitrogens with one attached hydrogen (secondary N) is 2. The fourth-order valence-corrected chi connectivity index (χ4v) is 4.04. The number of H-pyrrole nitrogens is 1. The van der Waals surface area contributed by atoms with Gasteiger partial charge in [-0.05, 0) is 49.5 Å². The highest BCUT2D eigenvalue weighted by Crippen LogP contribution is 2.27. The molecule has 8 nitrogen and oxygen atoms in total. The van der Waals surface area contributed by atoms with Gasteiger partial charge in [0, 0.05) is 30.2 Å². The van der Waals surface area contributed by atoms with E-state index in [2.05, 4.69) is 48.6 Å². The number of aliphatic hydroxyl groups excluding tert-OH is 1. The van der Waals surface area contributed by atoms with Gasteiger partial charge in [-0.15, -0.1) is 0 Å². The average Bonchev–Trinajstić information content (AvgIpc) is 3.43. The minimum Gasteiger partial charge on any atom is -0.394 e. The number of aromatic amines is 1. The SMILES string of the molecule is CC(CO)n1cnc2c(NCCc3c[nH]c4c3CCC=C4)nc(-c3cncc(F)c3)nc21. The molecular formula is C23H24FN7O. The van der Waals surface area contributed by atoms with Crippen LogP contribution in [0.5, 0.6) is 0 Å². The van der Waals surface area contributed by atoms with Crippen LogP contribution >= 0.6 is 0 Å². The van der Waals surface area contributed by atoms with Gasteiger partial charge in [0.2, 0.25) is 0 Å². The smallest absolute Gasteiger partial charge is 0.166 e. The number of aromatic nitrogens is 6. The first kappa shape index (κ1) is 20.3. The summed E-state index contributed by atoms with van der Waals surface area (Å²) in [6.07, 6.45) is 13.6. The number of fused-ring (bicyclic) bond motifs is 2. The largest absolute Gasteiger partial charge is 0.394 e. The van der Waals surface area contributed by atoms with Gasteiger partial charge in [-0.1, -0.05) is 6.08 Å². The van der Waals surface area contributed by atoms with Gasteiger partial charge in [0.05, 0.1) is 25.2 Å². The third-order valence-electron chi connectivity index (χ3n) is 5.77. The molecule has 0 aromatic carbocycles. The van der Waals surface area contributed by atoms with Gasteiger partial charge in [0.25, 0.3) is 0 Å². The summed E-state index contributed by atoms with van der Waals surface area (Å²) in [6.45, 7) is 2.48. The molecule has 0 bridgehead atoms.